The number of morpholine rings is 1. The van der Waals surface area contributed by atoms with Crippen LogP contribution in [0.5, 0.6) is 0 Å². The van der Waals surface area contributed by atoms with Gasteiger partial charge in [-0.25, -0.2) is 0 Å². The summed E-state index contributed by atoms with van der Waals surface area (Å²) in [6.07, 6.45) is 7.46. The molecule has 0 radical (unpaired) electrons. The van der Waals surface area contributed by atoms with Crippen molar-refractivity contribution in [3.05, 3.63) is 12.7 Å². The third kappa shape index (κ3) is 5.64. The minimum atomic E-state index is 0.381. The van der Waals surface area contributed by atoms with Gasteiger partial charge in [0.15, 0.2) is 0 Å². The lowest BCUT2D eigenvalue weighted by Gasteiger charge is -2.32. The van der Waals surface area contributed by atoms with Crippen LogP contribution in [0.15, 0.2) is 12.7 Å². The van der Waals surface area contributed by atoms with Crippen LogP contribution in [0, 0.1) is 0 Å². The van der Waals surface area contributed by atoms with E-state index in [4.69, 9.17) is 4.74 Å². The van der Waals surface area contributed by atoms with Gasteiger partial charge in [-0.3, -0.25) is 4.90 Å². The van der Waals surface area contributed by atoms with E-state index in [2.05, 4.69) is 16.8 Å². The molecule has 0 saturated carbocycles. The van der Waals surface area contributed by atoms with Crippen molar-refractivity contribution in [1.29, 1.82) is 0 Å². The number of nitrogens with zero attached hydrogens (tertiary/aromatic N) is 1. The highest BCUT2D eigenvalue weighted by molar-refractivity contribution is 4.73. The summed E-state index contributed by atoms with van der Waals surface area (Å²) in [6, 6.07) is 0. The fourth-order valence-electron chi connectivity index (χ4n) is 2.14. The number of ether oxygens (including phenoxy) is 1. The van der Waals surface area contributed by atoms with Crippen LogP contribution in [0.3, 0.4) is 0 Å². The molecule has 3 heteroatoms. The Morgan fingerprint density at radius 3 is 3.06 bits per heavy atom. The van der Waals surface area contributed by atoms with Gasteiger partial charge in [0.25, 0.3) is 0 Å². The molecule has 0 aromatic rings. The van der Waals surface area contributed by atoms with E-state index < -0.39 is 0 Å². The standard InChI is InChI=1S/C13H26N2O/c1-3-4-5-6-7-8-15-9-10-16-13(12-15)11-14-2/h3,13-14H,1,4-12H2,2H3. The van der Waals surface area contributed by atoms with Gasteiger partial charge in [0.1, 0.15) is 0 Å². The van der Waals surface area contributed by atoms with Crippen molar-refractivity contribution in [2.24, 2.45) is 0 Å². The summed E-state index contributed by atoms with van der Waals surface area (Å²) >= 11 is 0. The van der Waals surface area contributed by atoms with Gasteiger partial charge >= 0.3 is 0 Å². The quantitative estimate of drug-likeness (QED) is 0.503. The molecule has 1 aliphatic heterocycles. The Morgan fingerprint density at radius 1 is 1.44 bits per heavy atom. The molecular formula is C13H26N2O. The molecule has 3 nitrogen and oxygen atoms in total. The first-order valence-corrected chi connectivity index (χ1v) is 6.46. The van der Waals surface area contributed by atoms with Crippen LogP contribution < -0.4 is 5.32 Å². The average Bonchev–Trinajstić information content (AvgIpc) is 2.30. The molecule has 1 aliphatic rings. The topological polar surface area (TPSA) is 24.5 Å². The maximum Gasteiger partial charge on any atom is 0.0826 e. The first kappa shape index (κ1) is 13.7. The normalized spacial score (nSPS) is 22.2. The fourth-order valence-corrected chi connectivity index (χ4v) is 2.14. The van der Waals surface area contributed by atoms with Gasteiger partial charge in [0.05, 0.1) is 12.7 Å². The van der Waals surface area contributed by atoms with Crippen molar-refractivity contribution in [3.8, 4) is 0 Å². The van der Waals surface area contributed by atoms with E-state index in [9.17, 15) is 0 Å². The van der Waals surface area contributed by atoms with Gasteiger partial charge in [0.2, 0.25) is 0 Å². The predicted octanol–water partition coefficient (Wildman–Crippen LogP) is 1.65. The van der Waals surface area contributed by atoms with Gasteiger partial charge in [-0.15, -0.1) is 6.58 Å². The number of nitrogens with one attached hydrogen (secondary N) is 1. The molecule has 1 rings (SSSR count). The van der Waals surface area contributed by atoms with Crippen LogP contribution in [-0.2, 0) is 4.74 Å². The molecule has 0 aliphatic carbocycles. The van der Waals surface area contributed by atoms with E-state index in [1.54, 1.807) is 0 Å². The molecule has 94 valence electrons. The SMILES string of the molecule is C=CCCCCCN1CCOC(CNC)C1. The lowest BCUT2D eigenvalue weighted by molar-refractivity contribution is -0.0266. The zero-order valence-corrected chi connectivity index (χ0v) is 10.6. The van der Waals surface area contributed by atoms with Crippen LogP contribution in [0.4, 0.5) is 0 Å². The summed E-state index contributed by atoms with van der Waals surface area (Å²) in [6.45, 7) is 9.01. The molecule has 1 fully saturated rings. The number of unbranched alkanes of at least 4 members (excludes halogenated alkanes) is 3. The minimum absolute atomic E-state index is 0.381. The number of rotatable bonds is 8. The molecule has 16 heavy (non-hydrogen) atoms. The predicted molar refractivity (Wildman–Crippen MR) is 68.8 cm³/mol. The summed E-state index contributed by atoms with van der Waals surface area (Å²) in [4.78, 5) is 2.53. The second-order valence-electron chi connectivity index (χ2n) is 4.49. The van der Waals surface area contributed by atoms with Crippen molar-refractivity contribution in [2.75, 3.05) is 39.8 Å². The Morgan fingerprint density at radius 2 is 2.31 bits per heavy atom. The van der Waals surface area contributed by atoms with E-state index in [0.717, 1.165) is 32.7 Å². The molecule has 1 unspecified atom stereocenters. The van der Waals surface area contributed by atoms with Crippen molar-refractivity contribution < 1.29 is 4.74 Å². The Hall–Kier alpha value is -0.380. The smallest absolute Gasteiger partial charge is 0.0826 e. The lowest BCUT2D eigenvalue weighted by Crippen LogP contribution is -2.46. The van der Waals surface area contributed by atoms with Crippen molar-refractivity contribution in [2.45, 2.75) is 31.8 Å². The summed E-state index contributed by atoms with van der Waals surface area (Å²) in [5.74, 6) is 0. The molecule has 0 aromatic heterocycles. The number of likely N-dealkylation sites (N-methyl/N-ethyl adjacent to an activating group) is 1. The van der Waals surface area contributed by atoms with Crippen LogP contribution in [0.25, 0.3) is 0 Å². The molecule has 1 heterocycles. The highest BCUT2D eigenvalue weighted by Gasteiger charge is 2.18. The molecule has 0 bridgehead atoms. The molecule has 1 atom stereocenters. The Bertz CT molecular complexity index is 183. The number of allylic oxidation sites excluding steroid dienone is 1. The van der Waals surface area contributed by atoms with Crippen LogP contribution in [-0.4, -0.2) is 50.8 Å². The number of hydrogen-bond donors (Lipinski definition) is 1. The Kier molecular flexibility index (Phi) is 7.47. The van der Waals surface area contributed by atoms with Crippen molar-refractivity contribution in [1.82, 2.24) is 10.2 Å². The van der Waals surface area contributed by atoms with Crippen LogP contribution in [0.2, 0.25) is 0 Å². The summed E-state index contributed by atoms with van der Waals surface area (Å²) in [5, 5.41) is 3.18. The van der Waals surface area contributed by atoms with E-state index >= 15 is 0 Å². The average molecular weight is 226 g/mol. The second kappa shape index (κ2) is 8.74. The van der Waals surface area contributed by atoms with E-state index in [1.807, 2.05) is 13.1 Å². The van der Waals surface area contributed by atoms with E-state index in [1.165, 1.54) is 25.8 Å². The highest BCUT2D eigenvalue weighted by atomic mass is 16.5. The van der Waals surface area contributed by atoms with Crippen LogP contribution >= 0.6 is 0 Å². The summed E-state index contributed by atoms with van der Waals surface area (Å²) in [5.41, 5.74) is 0. The third-order valence-electron chi connectivity index (χ3n) is 3.04. The summed E-state index contributed by atoms with van der Waals surface area (Å²) in [7, 11) is 1.98. The maximum absolute atomic E-state index is 5.68. The minimum Gasteiger partial charge on any atom is -0.374 e. The van der Waals surface area contributed by atoms with E-state index in [-0.39, 0.29) is 0 Å². The van der Waals surface area contributed by atoms with Crippen molar-refractivity contribution >= 4 is 0 Å². The second-order valence-corrected chi connectivity index (χ2v) is 4.49. The first-order chi connectivity index (χ1) is 7.86. The lowest BCUT2D eigenvalue weighted by atomic mass is 10.1. The highest BCUT2D eigenvalue weighted by Crippen LogP contribution is 2.07. The van der Waals surface area contributed by atoms with Gasteiger partial charge in [-0.05, 0) is 32.9 Å². The molecule has 0 aromatic carbocycles. The van der Waals surface area contributed by atoms with Crippen molar-refractivity contribution in [3.63, 3.8) is 0 Å². The van der Waals surface area contributed by atoms with Gasteiger partial charge in [-0.2, -0.15) is 0 Å². The van der Waals surface area contributed by atoms with Gasteiger partial charge in [0, 0.05) is 19.6 Å². The largest absolute Gasteiger partial charge is 0.374 e. The monoisotopic (exact) mass is 226 g/mol. The van der Waals surface area contributed by atoms with Crippen LogP contribution in [0.1, 0.15) is 25.7 Å². The van der Waals surface area contributed by atoms with E-state index in [0.29, 0.717) is 6.10 Å². The molecular weight excluding hydrogens is 200 g/mol. The Labute approximate surface area is 99.8 Å². The van der Waals surface area contributed by atoms with Gasteiger partial charge in [-0.1, -0.05) is 12.5 Å². The van der Waals surface area contributed by atoms with Gasteiger partial charge < -0.3 is 10.1 Å². The fraction of sp³-hybridized carbons (Fsp3) is 0.846. The zero-order valence-electron chi connectivity index (χ0n) is 10.6. The maximum atomic E-state index is 5.68. The molecule has 1 saturated heterocycles. The third-order valence-corrected chi connectivity index (χ3v) is 3.04. The Balaban J connectivity index is 2.04. The molecule has 1 N–H and O–H groups in total. The molecule has 0 amide bonds. The number of hydrogen-bond acceptors (Lipinski definition) is 3. The molecule has 0 spiro atoms. The summed E-state index contributed by atoms with van der Waals surface area (Å²) < 4.78 is 5.68. The first-order valence-electron chi connectivity index (χ1n) is 6.46. The zero-order chi connectivity index (χ0) is 11.6.